The standard InChI is InChI=1S/C13H18BrNO/c1-10(16-2)7-13(8-15-9-13)11-5-3-4-6-12(11)14/h3-6,10,15H,7-9H2,1-2H3. The predicted molar refractivity (Wildman–Crippen MR) is 69.8 cm³/mol. The Kier molecular flexibility index (Phi) is 3.67. The zero-order valence-electron chi connectivity index (χ0n) is 9.79. The maximum atomic E-state index is 5.40. The molecule has 2 rings (SSSR count). The topological polar surface area (TPSA) is 21.3 Å². The van der Waals surface area contributed by atoms with Gasteiger partial charge in [-0.25, -0.2) is 0 Å². The Balaban J connectivity index is 2.25. The third-order valence-corrected chi connectivity index (χ3v) is 4.14. The zero-order valence-corrected chi connectivity index (χ0v) is 11.4. The average molecular weight is 284 g/mol. The molecule has 1 aromatic rings. The summed E-state index contributed by atoms with van der Waals surface area (Å²) in [5, 5.41) is 3.38. The normalized spacial score (nSPS) is 20.2. The van der Waals surface area contributed by atoms with Gasteiger partial charge in [-0.15, -0.1) is 0 Å². The molecule has 1 aliphatic rings. The Morgan fingerprint density at radius 1 is 1.44 bits per heavy atom. The first kappa shape index (κ1) is 12.1. The molecule has 1 saturated heterocycles. The molecule has 0 radical (unpaired) electrons. The molecule has 2 nitrogen and oxygen atoms in total. The van der Waals surface area contributed by atoms with E-state index in [4.69, 9.17) is 4.74 Å². The quantitative estimate of drug-likeness (QED) is 0.918. The van der Waals surface area contributed by atoms with E-state index in [1.165, 1.54) is 10.0 Å². The summed E-state index contributed by atoms with van der Waals surface area (Å²) in [5.41, 5.74) is 1.65. The van der Waals surface area contributed by atoms with Crippen molar-refractivity contribution in [2.24, 2.45) is 0 Å². The molecule has 1 aliphatic heterocycles. The van der Waals surface area contributed by atoms with Crippen molar-refractivity contribution in [1.29, 1.82) is 0 Å². The van der Waals surface area contributed by atoms with Crippen LogP contribution in [0.2, 0.25) is 0 Å². The van der Waals surface area contributed by atoms with E-state index in [-0.39, 0.29) is 5.41 Å². The number of ether oxygens (including phenoxy) is 1. The lowest BCUT2D eigenvalue weighted by molar-refractivity contribution is 0.0715. The average Bonchev–Trinajstić information content (AvgIpc) is 2.24. The van der Waals surface area contributed by atoms with Crippen molar-refractivity contribution in [2.75, 3.05) is 20.2 Å². The lowest BCUT2D eigenvalue weighted by Gasteiger charge is -2.45. The van der Waals surface area contributed by atoms with Crippen LogP contribution in [0.4, 0.5) is 0 Å². The molecule has 1 unspecified atom stereocenters. The number of benzene rings is 1. The fourth-order valence-electron chi connectivity index (χ4n) is 2.40. The summed E-state index contributed by atoms with van der Waals surface area (Å²) < 4.78 is 6.61. The van der Waals surface area contributed by atoms with Crippen molar-refractivity contribution in [3.8, 4) is 0 Å². The smallest absolute Gasteiger partial charge is 0.0552 e. The van der Waals surface area contributed by atoms with Crippen molar-refractivity contribution < 1.29 is 4.74 Å². The molecule has 0 saturated carbocycles. The Morgan fingerprint density at radius 3 is 2.62 bits per heavy atom. The molecular weight excluding hydrogens is 266 g/mol. The molecule has 1 fully saturated rings. The van der Waals surface area contributed by atoms with Crippen LogP contribution in [-0.4, -0.2) is 26.3 Å². The molecule has 1 heterocycles. The molecule has 16 heavy (non-hydrogen) atoms. The third kappa shape index (κ3) is 2.17. The lowest BCUT2D eigenvalue weighted by Crippen LogP contribution is -2.58. The minimum atomic E-state index is 0.246. The second-order valence-corrected chi connectivity index (χ2v) is 5.47. The third-order valence-electron chi connectivity index (χ3n) is 3.45. The Labute approximate surface area is 106 Å². The van der Waals surface area contributed by atoms with Crippen molar-refractivity contribution in [3.63, 3.8) is 0 Å². The first-order chi connectivity index (χ1) is 7.68. The zero-order chi connectivity index (χ0) is 11.6. The van der Waals surface area contributed by atoms with Gasteiger partial charge in [0.25, 0.3) is 0 Å². The molecule has 1 N–H and O–H groups in total. The maximum Gasteiger partial charge on any atom is 0.0552 e. The highest BCUT2D eigenvalue weighted by molar-refractivity contribution is 9.10. The lowest BCUT2D eigenvalue weighted by atomic mass is 9.71. The molecule has 88 valence electrons. The van der Waals surface area contributed by atoms with E-state index in [1.807, 2.05) is 0 Å². The van der Waals surface area contributed by atoms with Crippen molar-refractivity contribution in [3.05, 3.63) is 34.3 Å². The molecule has 0 amide bonds. The molecular formula is C13H18BrNO. The van der Waals surface area contributed by atoms with Gasteiger partial charge >= 0.3 is 0 Å². The number of rotatable bonds is 4. The fourth-order valence-corrected chi connectivity index (χ4v) is 3.10. The van der Waals surface area contributed by atoms with Gasteiger partial charge in [0.05, 0.1) is 6.10 Å². The SMILES string of the molecule is COC(C)CC1(c2ccccc2Br)CNC1. The summed E-state index contributed by atoms with van der Waals surface area (Å²) in [5.74, 6) is 0. The Morgan fingerprint density at radius 2 is 2.12 bits per heavy atom. The highest BCUT2D eigenvalue weighted by Gasteiger charge is 2.40. The second kappa shape index (κ2) is 4.86. The number of hydrogen-bond acceptors (Lipinski definition) is 2. The van der Waals surface area contributed by atoms with Crippen LogP contribution in [0.1, 0.15) is 18.9 Å². The summed E-state index contributed by atoms with van der Waals surface area (Å²) >= 11 is 3.65. The highest BCUT2D eigenvalue weighted by atomic mass is 79.9. The summed E-state index contributed by atoms with van der Waals surface area (Å²) in [6.45, 7) is 4.23. The van der Waals surface area contributed by atoms with Crippen LogP contribution in [0.3, 0.4) is 0 Å². The van der Waals surface area contributed by atoms with Gasteiger partial charge in [-0.05, 0) is 25.0 Å². The van der Waals surface area contributed by atoms with Gasteiger partial charge in [0.15, 0.2) is 0 Å². The number of halogens is 1. The molecule has 3 heteroatoms. The monoisotopic (exact) mass is 283 g/mol. The minimum Gasteiger partial charge on any atom is -0.382 e. The number of hydrogen-bond donors (Lipinski definition) is 1. The molecule has 0 aromatic heterocycles. The maximum absolute atomic E-state index is 5.40. The number of methoxy groups -OCH3 is 1. The Bertz CT molecular complexity index is 363. The van der Waals surface area contributed by atoms with Gasteiger partial charge in [-0.1, -0.05) is 34.1 Å². The van der Waals surface area contributed by atoms with E-state index in [0.29, 0.717) is 6.10 Å². The van der Waals surface area contributed by atoms with Crippen LogP contribution >= 0.6 is 15.9 Å². The number of nitrogens with one attached hydrogen (secondary N) is 1. The first-order valence-electron chi connectivity index (χ1n) is 5.66. The van der Waals surface area contributed by atoms with Crippen molar-refractivity contribution in [1.82, 2.24) is 5.32 Å². The van der Waals surface area contributed by atoms with E-state index in [2.05, 4.69) is 52.4 Å². The van der Waals surface area contributed by atoms with Gasteiger partial charge in [0.1, 0.15) is 0 Å². The van der Waals surface area contributed by atoms with Gasteiger partial charge in [0, 0.05) is 30.1 Å². The molecule has 0 aliphatic carbocycles. The van der Waals surface area contributed by atoms with Crippen LogP contribution in [0, 0.1) is 0 Å². The van der Waals surface area contributed by atoms with Crippen molar-refractivity contribution in [2.45, 2.75) is 24.9 Å². The van der Waals surface area contributed by atoms with E-state index in [9.17, 15) is 0 Å². The summed E-state index contributed by atoms with van der Waals surface area (Å²) in [4.78, 5) is 0. The molecule has 0 bridgehead atoms. The predicted octanol–water partition coefficient (Wildman–Crippen LogP) is 2.72. The second-order valence-electron chi connectivity index (χ2n) is 4.61. The largest absolute Gasteiger partial charge is 0.382 e. The summed E-state index contributed by atoms with van der Waals surface area (Å²) in [6.07, 6.45) is 1.37. The molecule has 1 atom stereocenters. The highest BCUT2D eigenvalue weighted by Crippen LogP contribution is 2.37. The van der Waals surface area contributed by atoms with Crippen molar-refractivity contribution >= 4 is 15.9 Å². The van der Waals surface area contributed by atoms with Gasteiger partial charge in [-0.2, -0.15) is 0 Å². The minimum absolute atomic E-state index is 0.246. The van der Waals surface area contributed by atoms with Gasteiger partial charge < -0.3 is 10.1 Å². The van der Waals surface area contributed by atoms with E-state index >= 15 is 0 Å². The van der Waals surface area contributed by atoms with Crippen LogP contribution in [-0.2, 0) is 10.2 Å². The van der Waals surface area contributed by atoms with E-state index in [0.717, 1.165) is 19.5 Å². The van der Waals surface area contributed by atoms with Crippen LogP contribution in [0.15, 0.2) is 28.7 Å². The van der Waals surface area contributed by atoms with Crippen LogP contribution < -0.4 is 5.32 Å². The molecule has 1 aromatic carbocycles. The van der Waals surface area contributed by atoms with Crippen LogP contribution in [0.25, 0.3) is 0 Å². The fraction of sp³-hybridized carbons (Fsp3) is 0.538. The van der Waals surface area contributed by atoms with Gasteiger partial charge in [-0.3, -0.25) is 0 Å². The molecule has 0 spiro atoms. The summed E-state index contributed by atoms with van der Waals surface area (Å²) in [6, 6.07) is 8.50. The van der Waals surface area contributed by atoms with Gasteiger partial charge in [0.2, 0.25) is 0 Å². The first-order valence-corrected chi connectivity index (χ1v) is 6.46. The van der Waals surface area contributed by atoms with Crippen LogP contribution in [0.5, 0.6) is 0 Å². The Hall–Kier alpha value is -0.380. The van der Waals surface area contributed by atoms with E-state index in [1.54, 1.807) is 7.11 Å². The summed E-state index contributed by atoms with van der Waals surface area (Å²) in [7, 11) is 1.78. The van der Waals surface area contributed by atoms with E-state index < -0.39 is 0 Å².